The van der Waals surface area contributed by atoms with E-state index in [9.17, 15) is 5.26 Å². The van der Waals surface area contributed by atoms with Crippen molar-refractivity contribution in [2.75, 3.05) is 0 Å². The first kappa shape index (κ1) is 10.2. The van der Waals surface area contributed by atoms with E-state index in [4.69, 9.17) is 0 Å². The Morgan fingerprint density at radius 1 is 1.00 bits per heavy atom. The fraction of sp³-hybridized carbons (Fsp3) is 0.500. The van der Waals surface area contributed by atoms with Gasteiger partial charge in [0.05, 0.1) is 11.5 Å². The summed E-state index contributed by atoms with van der Waals surface area (Å²) in [7, 11) is 0. The van der Waals surface area contributed by atoms with Crippen molar-refractivity contribution in [2.24, 2.45) is 10.8 Å². The molecule has 2 unspecified atom stereocenters. The Kier molecular flexibility index (Phi) is 1.80. The highest BCUT2D eigenvalue weighted by Gasteiger charge is 2.78. The summed E-state index contributed by atoms with van der Waals surface area (Å²) in [5, 5.41) is 9.35. The van der Waals surface area contributed by atoms with Crippen LogP contribution in [0.25, 0.3) is 0 Å². The Balaban J connectivity index is 2.54. The van der Waals surface area contributed by atoms with Gasteiger partial charge >= 0.3 is 0 Å². The van der Waals surface area contributed by atoms with Crippen molar-refractivity contribution in [2.45, 2.75) is 33.1 Å². The molecule has 1 fully saturated rings. The molecule has 1 saturated carbocycles. The third kappa shape index (κ3) is 0.880. The Bertz CT molecular complexity index is 426. The van der Waals surface area contributed by atoms with Crippen LogP contribution < -0.4 is 0 Å². The van der Waals surface area contributed by atoms with Gasteiger partial charge in [-0.05, 0) is 17.9 Å². The van der Waals surface area contributed by atoms with E-state index in [2.05, 4.69) is 45.9 Å². The van der Waals surface area contributed by atoms with Crippen LogP contribution in [-0.4, -0.2) is 0 Å². The van der Waals surface area contributed by atoms with Crippen LogP contribution >= 0.6 is 0 Å². The van der Waals surface area contributed by atoms with Crippen molar-refractivity contribution in [3.8, 4) is 6.07 Å². The van der Waals surface area contributed by atoms with Gasteiger partial charge < -0.3 is 0 Å². The molecule has 1 heteroatoms. The van der Waals surface area contributed by atoms with Crippen LogP contribution in [0, 0.1) is 22.2 Å². The van der Waals surface area contributed by atoms with Crippen LogP contribution in [0.3, 0.4) is 0 Å². The van der Waals surface area contributed by atoms with Gasteiger partial charge in [-0.1, -0.05) is 51.1 Å². The standard InChI is InChI=1S/C14H17N/c1-12(2)13(3,10-15)14(12,4)11-8-6-5-7-9-11/h5-9H,1-4H3. The van der Waals surface area contributed by atoms with Gasteiger partial charge in [-0.25, -0.2) is 0 Å². The lowest BCUT2D eigenvalue weighted by atomic mass is 9.88. The molecule has 2 rings (SSSR count). The number of hydrogen-bond donors (Lipinski definition) is 0. The van der Waals surface area contributed by atoms with Crippen LogP contribution in [0.2, 0.25) is 0 Å². The molecule has 1 aromatic rings. The second-order valence-electron chi connectivity index (χ2n) is 5.35. The molecule has 15 heavy (non-hydrogen) atoms. The lowest BCUT2D eigenvalue weighted by Crippen LogP contribution is -2.11. The minimum Gasteiger partial charge on any atom is -0.198 e. The van der Waals surface area contributed by atoms with E-state index in [0.717, 1.165) is 0 Å². The van der Waals surface area contributed by atoms with Crippen LogP contribution in [0.4, 0.5) is 0 Å². The molecule has 0 amide bonds. The Morgan fingerprint density at radius 3 is 1.93 bits per heavy atom. The molecule has 2 atom stereocenters. The molecule has 78 valence electrons. The minimum absolute atomic E-state index is 0.0178. The molecule has 1 aromatic carbocycles. The molecule has 1 nitrogen and oxygen atoms in total. The van der Waals surface area contributed by atoms with Gasteiger partial charge in [0, 0.05) is 5.41 Å². The maximum absolute atomic E-state index is 9.35. The number of rotatable bonds is 1. The Morgan fingerprint density at radius 2 is 1.53 bits per heavy atom. The first-order valence-corrected chi connectivity index (χ1v) is 5.38. The smallest absolute Gasteiger partial charge is 0.0705 e. The summed E-state index contributed by atoms with van der Waals surface area (Å²) >= 11 is 0. The molecule has 0 aromatic heterocycles. The van der Waals surface area contributed by atoms with Gasteiger partial charge in [0.25, 0.3) is 0 Å². The number of hydrogen-bond acceptors (Lipinski definition) is 1. The minimum atomic E-state index is -0.249. The van der Waals surface area contributed by atoms with E-state index in [-0.39, 0.29) is 16.2 Å². The van der Waals surface area contributed by atoms with Crippen molar-refractivity contribution >= 4 is 0 Å². The molecular formula is C14H17N. The Hall–Kier alpha value is -1.29. The molecule has 0 spiro atoms. The van der Waals surface area contributed by atoms with E-state index in [0.29, 0.717) is 0 Å². The van der Waals surface area contributed by atoms with E-state index < -0.39 is 0 Å². The lowest BCUT2D eigenvalue weighted by molar-refractivity contribution is 0.500. The molecule has 1 aliphatic rings. The fourth-order valence-corrected chi connectivity index (χ4v) is 3.02. The van der Waals surface area contributed by atoms with Gasteiger partial charge in [-0.15, -0.1) is 0 Å². The zero-order valence-electron chi connectivity index (χ0n) is 9.83. The first-order valence-electron chi connectivity index (χ1n) is 5.38. The molecular weight excluding hydrogens is 182 g/mol. The maximum Gasteiger partial charge on any atom is 0.0705 e. The van der Waals surface area contributed by atoms with E-state index >= 15 is 0 Å². The van der Waals surface area contributed by atoms with Gasteiger partial charge in [0.1, 0.15) is 0 Å². The topological polar surface area (TPSA) is 23.8 Å². The third-order valence-electron chi connectivity index (χ3n) is 5.01. The largest absolute Gasteiger partial charge is 0.198 e. The van der Waals surface area contributed by atoms with E-state index in [1.165, 1.54) is 5.56 Å². The molecule has 0 heterocycles. The van der Waals surface area contributed by atoms with E-state index in [1.54, 1.807) is 0 Å². The second-order valence-corrected chi connectivity index (χ2v) is 5.35. The predicted molar refractivity (Wildman–Crippen MR) is 61.3 cm³/mol. The summed E-state index contributed by atoms with van der Waals surface area (Å²) in [5.41, 5.74) is 1.06. The fourth-order valence-electron chi connectivity index (χ4n) is 3.02. The monoisotopic (exact) mass is 199 g/mol. The molecule has 0 radical (unpaired) electrons. The second kappa shape index (κ2) is 2.64. The summed E-state index contributed by atoms with van der Waals surface area (Å²) < 4.78 is 0. The van der Waals surface area contributed by atoms with Crippen molar-refractivity contribution in [3.63, 3.8) is 0 Å². The summed E-state index contributed by atoms with van der Waals surface area (Å²) in [4.78, 5) is 0. The average Bonchev–Trinajstić information content (AvgIpc) is 2.61. The highest BCUT2D eigenvalue weighted by molar-refractivity contribution is 5.47. The number of nitriles is 1. The summed E-state index contributed by atoms with van der Waals surface area (Å²) in [6.45, 7) is 8.64. The summed E-state index contributed by atoms with van der Waals surface area (Å²) in [6.07, 6.45) is 0. The van der Waals surface area contributed by atoms with Crippen molar-refractivity contribution in [1.29, 1.82) is 5.26 Å². The van der Waals surface area contributed by atoms with Crippen LogP contribution in [0.5, 0.6) is 0 Å². The summed E-state index contributed by atoms with van der Waals surface area (Å²) in [6, 6.07) is 12.9. The maximum atomic E-state index is 9.35. The number of benzene rings is 1. The SMILES string of the molecule is CC1(C)C(C)(C#N)C1(C)c1ccccc1. The molecule has 0 bridgehead atoms. The lowest BCUT2D eigenvalue weighted by Gasteiger charge is -2.14. The van der Waals surface area contributed by atoms with Crippen molar-refractivity contribution in [1.82, 2.24) is 0 Å². The Labute approximate surface area is 91.7 Å². The van der Waals surface area contributed by atoms with Gasteiger partial charge in [-0.3, -0.25) is 0 Å². The third-order valence-corrected chi connectivity index (χ3v) is 5.01. The molecule has 0 saturated heterocycles. The zero-order chi connectivity index (χ0) is 11.3. The highest BCUT2D eigenvalue weighted by atomic mass is 14.8. The molecule has 0 aliphatic heterocycles. The van der Waals surface area contributed by atoms with Gasteiger partial charge in [0.2, 0.25) is 0 Å². The first-order chi connectivity index (χ1) is 6.92. The van der Waals surface area contributed by atoms with Gasteiger partial charge in [0.15, 0.2) is 0 Å². The van der Waals surface area contributed by atoms with E-state index in [1.807, 2.05) is 18.2 Å². The highest BCUT2D eigenvalue weighted by Crippen LogP contribution is 2.77. The van der Waals surface area contributed by atoms with Gasteiger partial charge in [-0.2, -0.15) is 5.26 Å². The van der Waals surface area contributed by atoms with Crippen molar-refractivity contribution < 1.29 is 0 Å². The zero-order valence-corrected chi connectivity index (χ0v) is 9.83. The molecule has 1 aliphatic carbocycles. The average molecular weight is 199 g/mol. The summed E-state index contributed by atoms with van der Waals surface area (Å²) in [5.74, 6) is 0. The predicted octanol–water partition coefficient (Wildman–Crippen LogP) is 3.51. The normalized spacial score (nSPS) is 37.0. The van der Waals surface area contributed by atoms with Crippen molar-refractivity contribution in [3.05, 3.63) is 35.9 Å². The van der Waals surface area contributed by atoms with Crippen LogP contribution in [0.15, 0.2) is 30.3 Å². The van der Waals surface area contributed by atoms with Crippen LogP contribution in [-0.2, 0) is 5.41 Å². The quantitative estimate of drug-likeness (QED) is 0.679. The molecule has 0 N–H and O–H groups in total. The number of nitrogens with zero attached hydrogens (tertiary/aromatic N) is 1. The van der Waals surface area contributed by atoms with Crippen LogP contribution in [0.1, 0.15) is 33.3 Å².